The van der Waals surface area contributed by atoms with Crippen LogP contribution in [-0.4, -0.2) is 34.8 Å². The molecule has 1 N–H and O–H groups in total. The van der Waals surface area contributed by atoms with Crippen LogP contribution in [0.4, 0.5) is 0 Å². The van der Waals surface area contributed by atoms with Crippen molar-refractivity contribution in [2.45, 2.75) is 19.4 Å². The highest BCUT2D eigenvalue weighted by molar-refractivity contribution is 9.10. The van der Waals surface area contributed by atoms with Crippen LogP contribution in [0.5, 0.6) is 11.6 Å². The van der Waals surface area contributed by atoms with Crippen LogP contribution in [0.15, 0.2) is 77.4 Å². The molecule has 1 aliphatic rings. The van der Waals surface area contributed by atoms with Crippen LogP contribution < -0.4 is 10.1 Å². The van der Waals surface area contributed by atoms with Crippen molar-refractivity contribution in [1.29, 1.82) is 0 Å². The summed E-state index contributed by atoms with van der Waals surface area (Å²) >= 11 is 3.41. The van der Waals surface area contributed by atoms with Crippen molar-refractivity contribution in [2.75, 3.05) is 13.1 Å². The lowest BCUT2D eigenvalue weighted by molar-refractivity contribution is -0.126. The molecule has 32 heavy (non-hydrogen) atoms. The number of benzene rings is 2. The number of amides is 2. The maximum Gasteiger partial charge on any atom is 0.255 e. The molecule has 2 heterocycles. The lowest BCUT2D eigenvalue weighted by Gasteiger charge is -2.31. The van der Waals surface area contributed by atoms with Crippen molar-refractivity contribution in [3.8, 4) is 11.6 Å². The Morgan fingerprint density at radius 1 is 1.03 bits per heavy atom. The van der Waals surface area contributed by atoms with Gasteiger partial charge in [-0.3, -0.25) is 9.59 Å². The molecule has 0 spiro atoms. The molecule has 0 bridgehead atoms. The Labute approximate surface area is 195 Å². The minimum atomic E-state index is -0.0744. The van der Waals surface area contributed by atoms with Crippen LogP contribution in [0, 0.1) is 5.92 Å². The molecule has 1 aromatic heterocycles. The maximum absolute atomic E-state index is 12.8. The summed E-state index contributed by atoms with van der Waals surface area (Å²) in [7, 11) is 0. The molecule has 6 nitrogen and oxygen atoms in total. The fraction of sp³-hybridized carbons (Fsp3) is 0.240. The summed E-state index contributed by atoms with van der Waals surface area (Å²) in [5, 5.41) is 3.00. The van der Waals surface area contributed by atoms with Crippen LogP contribution in [0.25, 0.3) is 0 Å². The van der Waals surface area contributed by atoms with Crippen LogP contribution in [-0.2, 0) is 11.3 Å². The molecular formula is C25H24BrN3O3. The molecular weight excluding hydrogens is 470 g/mol. The molecule has 0 radical (unpaired) electrons. The summed E-state index contributed by atoms with van der Waals surface area (Å²) in [5.41, 5.74) is 1.59. The molecule has 1 aliphatic heterocycles. The smallest absolute Gasteiger partial charge is 0.255 e. The van der Waals surface area contributed by atoms with Gasteiger partial charge in [0, 0.05) is 42.3 Å². The van der Waals surface area contributed by atoms with Crippen molar-refractivity contribution in [2.24, 2.45) is 5.92 Å². The van der Waals surface area contributed by atoms with Crippen molar-refractivity contribution < 1.29 is 14.3 Å². The molecule has 1 saturated heterocycles. The maximum atomic E-state index is 12.8. The summed E-state index contributed by atoms with van der Waals surface area (Å²) in [6.45, 7) is 1.63. The molecule has 1 fully saturated rings. The van der Waals surface area contributed by atoms with E-state index < -0.39 is 0 Å². The summed E-state index contributed by atoms with van der Waals surface area (Å²) < 4.78 is 6.64. The third-order valence-electron chi connectivity index (χ3n) is 5.46. The van der Waals surface area contributed by atoms with Crippen LogP contribution in [0.1, 0.15) is 28.8 Å². The number of carbonyl (C=O) groups excluding carboxylic acids is 2. The Morgan fingerprint density at radius 2 is 1.81 bits per heavy atom. The standard InChI is InChI=1S/C25H24BrN3O3/c26-21-7-4-8-22(15-21)32-23-10-9-20(17-27-23)25(31)29-13-11-19(12-14-29)24(30)28-16-18-5-2-1-3-6-18/h1-10,15,17,19H,11-14,16H2,(H,28,30). The van der Waals surface area contributed by atoms with Crippen LogP contribution in [0.3, 0.4) is 0 Å². The number of carbonyl (C=O) groups is 2. The highest BCUT2D eigenvalue weighted by atomic mass is 79.9. The van der Waals surface area contributed by atoms with E-state index in [1.165, 1.54) is 6.20 Å². The Bertz CT molecular complexity index is 1070. The van der Waals surface area contributed by atoms with Crippen molar-refractivity contribution >= 4 is 27.7 Å². The van der Waals surface area contributed by atoms with Gasteiger partial charge < -0.3 is 15.0 Å². The minimum Gasteiger partial charge on any atom is -0.439 e. The van der Waals surface area contributed by atoms with E-state index in [0.717, 1.165) is 10.0 Å². The largest absolute Gasteiger partial charge is 0.439 e. The first-order valence-corrected chi connectivity index (χ1v) is 11.4. The van der Waals surface area contributed by atoms with E-state index in [-0.39, 0.29) is 17.7 Å². The fourth-order valence-corrected chi connectivity index (χ4v) is 4.05. The number of nitrogens with one attached hydrogen (secondary N) is 1. The number of rotatable bonds is 6. The zero-order valence-corrected chi connectivity index (χ0v) is 19.1. The number of piperidine rings is 1. The normalized spacial score (nSPS) is 14.1. The first-order valence-electron chi connectivity index (χ1n) is 10.6. The van der Waals surface area contributed by atoms with Crippen molar-refractivity contribution in [3.63, 3.8) is 0 Å². The molecule has 0 aliphatic carbocycles. The summed E-state index contributed by atoms with van der Waals surface area (Å²) in [6, 6.07) is 20.7. The van der Waals surface area contributed by atoms with Gasteiger partial charge in [0.2, 0.25) is 11.8 Å². The van der Waals surface area contributed by atoms with E-state index in [9.17, 15) is 9.59 Å². The summed E-state index contributed by atoms with van der Waals surface area (Å²) in [6.07, 6.45) is 2.85. The first-order chi connectivity index (χ1) is 15.6. The van der Waals surface area contributed by atoms with E-state index in [2.05, 4.69) is 26.2 Å². The highest BCUT2D eigenvalue weighted by Crippen LogP contribution is 2.24. The predicted molar refractivity (Wildman–Crippen MR) is 125 cm³/mol. The molecule has 0 atom stereocenters. The lowest BCUT2D eigenvalue weighted by atomic mass is 9.95. The van der Waals surface area contributed by atoms with Crippen molar-refractivity contribution in [3.05, 3.63) is 88.5 Å². The SMILES string of the molecule is O=C(NCc1ccccc1)C1CCN(C(=O)c2ccc(Oc3cccc(Br)c3)nc2)CC1. The second kappa shape index (κ2) is 10.4. The van der Waals surface area contributed by atoms with Crippen LogP contribution in [0.2, 0.25) is 0 Å². The highest BCUT2D eigenvalue weighted by Gasteiger charge is 2.27. The zero-order chi connectivity index (χ0) is 22.3. The zero-order valence-electron chi connectivity index (χ0n) is 17.5. The van der Waals surface area contributed by atoms with E-state index in [1.54, 1.807) is 17.0 Å². The number of pyridine rings is 1. The Morgan fingerprint density at radius 3 is 2.50 bits per heavy atom. The average Bonchev–Trinajstić information content (AvgIpc) is 2.83. The van der Waals surface area contributed by atoms with Gasteiger partial charge in [-0.1, -0.05) is 52.3 Å². The van der Waals surface area contributed by atoms with Gasteiger partial charge in [0.1, 0.15) is 5.75 Å². The minimum absolute atomic E-state index is 0.0525. The number of likely N-dealkylation sites (tertiary alicyclic amines) is 1. The van der Waals surface area contributed by atoms with Gasteiger partial charge in [-0.05, 0) is 42.7 Å². The van der Waals surface area contributed by atoms with E-state index >= 15 is 0 Å². The van der Waals surface area contributed by atoms with E-state index in [0.29, 0.717) is 49.7 Å². The molecule has 7 heteroatoms. The average molecular weight is 494 g/mol. The topological polar surface area (TPSA) is 71.5 Å². The summed E-state index contributed by atoms with van der Waals surface area (Å²) in [5.74, 6) is 1.00. The molecule has 3 aromatic rings. The van der Waals surface area contributed by atoms with Gasteiger partial charge in [-0.2, -0.15) is 0 Å². The van der Waals surface area contributed by atoms with E-state index in [1.807, 2.05) is 54.6 Å². The quantitative estimate of drug-likeness (QED) is 0.534. The number of hydrogen-bond donors (Lipinski definition) is 1. The van der Waals surface area contributed by atoms with Gasteiger partial charge in [0.25, 0.3) is 5.91 Å². The fourth-order valence-electron chi connectivity index (χ4n) is 3.68. The second-order valence-electron chi connectivity index (χ2n) is 7.71. The third kappa shape index (κ3) is 5.73. The number of aromatic nitrogens is 1. The van der Waals surface area contributed by atoms with Crippen LogP contribution >= 0.6 is 15.9 Å². The number of nitrogens with zero attached hydrogens (tertiary/aromatic N) is 2. The Balaban J connectivity index is 1.27. The predicted octanol–water partition coefficient (Wildman–Crippen LogP) is 4.81. The van der Waals surface area contributed by atoms with E-state index in [4.69, 9.17) is 4.74 Å². The summed E-state index contributed by atoms with van der Waals surface area (Å²) in [4.78, 5) is 31.4. The van der Waals surface area contributed by atoms with Gasteiger partial charge >= 0.3 is 0 Å². The third-order valence-corrected chi connectivity index (χ3v) is 5.96. The monoisotopic (exact) mass is 493 g/mol. The van der Waals surface area contributed by atoms with Gasteiger partial charge in [-0.15, -0.1) is 0 Å². The number of halogens is 1. The second-order valence-corrected chi connectivity index (χ2v) is 8.63. The van der Waals surface area contributed by atoms with Gasteiger partial charge in [0.05, 0.1) is 5.56 Å². The molecule has 2 aromatic carbocycles. The Kier molecular flexibility index (Phi) is 7.17. The molecule has 4 rings (SSSR count). The lowest BCUT2D eigenvalue weighted by Crippen LogP contribution is -2.42. The number of hydrogen-bond acceptors (Lipinski definition) is 4. The molecule has 2 amide bonds. The molecule has 0 saturated carbocycles. The molecule has 164 valence electrons. The van der Waals surface area contributed by atoms with Crippen molar-refractivity contribution in [1.82, 2.24) is 15.2 Å². The Hall–Kier alpha value is -3.19. The molecule has 0 unspecified atom stereocenters. The van der Waals surface area contributed by atoms with Gasteiger partial charge in [-0.25, -0.2) is 4.98 Å². The van der Waals surface area contributed by atoms with Gasteiger partial charge in [0.15, 0.2) is 0 Å². The first kappa shape index (κ1) is 22.0. The number of ether oxygens (including phenoxy) is 1.